The van der Waals surface area contributed by atoms with Crippen molar-refractivity contribution in [3.05, 3.63) is 29.8 Å². The van der Waals surface area contributed by atoms with Crippen LogP contribution >= 0.6 is 0 Å². The van der Waals surface area contributed by atoms with E-state index in [9.17, 15) is 5.11 Å². The van der Waals surface area contributed by atoms with E-state index in [-0.39, 0.29) is 5.92 Å². The maximum atomic E-state index is 10.4. The average Bonchev–Trinajstić information content (AvgIpc) is 2.87. The number of benzene rings is 1. The summed E-state index contributed by atoms with van der Waals surface area (Å²) >= 11 is 0. The molecule has 0 bridgehead atoms. The quantitative estimate of drug-likeness (QED) is 0.888. The molecule has 19 heavy (non-hydrogen) atoms. The summed E-state index contributed by atoms with van der Waals surface area (Å²) in [6.45, 7) is 1.27. The van der Waals surface area contributed by atoms with Crippen molar-refractivity contribution in [1.82, 2.24) is 0 Å². The molecular formula is C15H20O4. The molecule has 4 nitrogen and oxygen atoms in total. The van der Waals surface area contributed by atoms with Crippen LogP contribution in [0.1, 0.15) is 30.7 Å². The Morgan fingerprint density at radius 1 is 1.32 bits per heavy atom. The van der Waals surface area contributed by atoms with E-state index >= 15 is 0 Å². The van der Waals surface area contributed by atoms with Crippen LogP contribution in [0, 0.1) is 0 Å². The number of ether oxygens (including phenoxy) is 3. The third-order valence-electron chi connectivity index (χ3n) is 4.16. The topological polar surface area (TPSA) is 47.9 Å². The number of hydrogen-bond acceptors (Lipinski definition) is 4. The van der Waals surface area contributed by atoms with Crippen LogP contribution in [-0.2, 0) is 9.47 Å². The number of aliphatic hydroxyl groups is 1. The standard InChI is InChI=1S/C15H20O4/c1-17-12-4-2-3-11(9-12)13-5-6-15(10-14(13)16)18-7-8-19-15/h2-4,9,13-14,16H,5-8,10H2,1H3/t13-,14-/m0/s1. The second kappa shape index (κ2) is 5.12. The summed E-state index contributed by atoms with van der Waals surface area (Å²) < 4.78 is 16.6. The van der Waals surface area contributed by atoms with Crippen molar-refractivity contribution >= 4 is 0 Å². The summed E-state index contributed by atoms with van der Waals surface area (Å²) in [6, 6.07) is 7.93. The van der Waals surface area contributed by atoms with Crippen molar-refractivity contribution < 1.29 is 19.3 Å². The lowest BCUT2D eigenvalue weighted by Crippen LogP contribution is -2.42. The van der Waals surface area contributed by atoms with Gasteiger partial charge in [-0.15, -0.1) is 0 Å². The van der Waals surface area contributed by atoms with Gasteiger partial charge in [-0.2, -0.15) is 0 Å². The molecule has 0 unspecified atom stereocenters. The maximum Gasteiger partial charge on any atom is 0.171 e. The van der Waals surface area contributed by atoms with Crippen LogP contribution in [0.2, 0.25) is 0 Å². The summed E-state index contributed by atoms with van der Waals surface area (Å²) in [4.78, 5) is 0. The molecule has 1 aliphatic carbocycles. The Balaban J connectivity index is 1.75. The third kappa shape index (κ3) is 2.48. The van der Waals surface area contributed by atoms with Crippen LogP contribution in [0.25, 0.3) is 0 Å². The molecule has 104 valence electrons. The number of rotatable bonds is 2. The van der Waals surface area contributed by atoms with Gasteiger partial charge in [-0.25, -0.2) is 0 Å². The summed E-state index contributed by atoms with van der Waals surface area (Å²) in [7, 11) is 1.66. The zero-order valence-corrected chi connectivity index (χ0v) is 11.2. The van der Waals surface area contributed by atoms with Gasteiger partial charge in [0.15, 0.2) is 5.79 Å². The van der Waals surface area contributed by atoms with E-state index in [4.69, 9.17) is 14.2 Å². The normalized spacial score (nSPS) is 29.6. The first-order valence-electron chi connectivity index (χ1n) is 6.82. The second-order valence-corrected chi connectivity index (χ2v) is 5.30. The van der Waals surface area contributed by atoms with Crippen molar-refractivity contribution in [2.45, 2.75) is 37.1 Å². The molecule has 4 heteroatoms. The average molecular weight is 264 g/mol. The Kier molecular flexibility index (Phi) is 3.48. The fraction of sp³-hybridized carbons (Fsp3) is 0.600. The molecule has 1 aromatic rings. The Hall–Kier alpha value is -1.10. The third-order valence-corrected chi connectivity index (χ3v) is 4.16. The van der Waals surface area contributed by atoms with Crippen LogP contribution in [0.4, 0.5) is 0 Å². The minimum Gasteiger partial charge on any atom is -0.497 e. The predicted molar refractivity (Wildman–Crippen MR) is 70.2 cm³/mol. The van der Waals surface area contributed by atoms with E-state index in [1.54, 1.807) is 7.11 Å². The van der Waals surface area contributed by atoms with Gasteiger partial charge in [0.05, 0.1) is 26.4 Å². The molecule has 1 saturated heterocycles. The smallest absolute Gasteiger partial charge is 0.171 e. The first kappa shape index (κ1) is 12.9. The number of methoxy groups -OCH3 is 1. The highest BCUT2D eigenvalue weighted by atomic mass is 16.7. The first-order chi connectivity index (χ1) is 9.22. The molecule has 2 atom stereocenters. The van der Waals surface area contributed by atoms with E-state index < -0.39 is 11.9 Å². The van der Waals surface area contributed by atoms with E-state index in [1.807, 2.05) is 24.3 Å². The number of aliphatic hydroxyl groups excluding tert-OH is 1. The molecule has 2 fully saturated rings. The zero-order chi connectivity index (χ0) is 13.3. The molecule has 1 aromatic carbocycles. The first-order valence-corrected chi connectivity index (χ1v) is 6.82. The van der Waals surface area contributed by atoms with Crippen LogP contribution in [0.15, 0.2) is 24.3 Å². The molecule has 1 N–H and O–H groups in total. The Morgan fingerprint density at radius 2 is 2.11 bits per heavy atom. The van der Waals surface area contributed by atoms with Crippen LogP contribution < -0.4 is 4.74 Å². The van der Waals surface area contributed by atoms with E-state index in [0.29, 0.717) is 19.6 Å². The van der Waals surface area contributed by atoms with Gasteiger partial charge in [0.25, 0.3) is 0 Å². The molecule has 0 aromatic heterocycles. The minimum absolute atomic E-state index is 0.133. The van der Waals surface area contributed by atoms with Gasteiger partial charge >= 0.3 is 0 Å². The van der Waals surface area contributed by atoms with E-state index in [2.05, 4.69) is 0 Å². The van der Waals surface area contributed by atoms with Gasteiger partial charge in [0.1, 0.15) is 5.75 Å². The van der Waals surface area contributed by atoms with Gasteiger partial charge in [-0.3, -0.25) is 0 Å². The SMILES string of the molecule is COc1cccc([C@@H]2CCC3(C[C@@H]2O)OCCO3)c1. The molecule has 3 rings (SSSR count). The monoisotopic (exact) mass is 264 g/mol. The van der Waals surface area contributed by atoms with Crippen molar-refractivity contribution in [3.63, 3.8) is 0 Å². The fourth-order valence-electron chi connectivity index (χ4n) is 3.15. The van der Waals surface area contributed by atoms with Gasteiger partial charge in [-0.1, -0.05) is 12.1 Å². The summed E-state index contributed by atoms with van der Waals surface area (Å²) in [5, 5.41) is 10.4. The lowest BCUT2D eigenvalue weighted by atomic mass is 9.78. The van der Waals surface area contributed by atoms with Crippen molar-refractivity contribution in [1.29, 1.82) is 0 Å². The van der Waals surface area contributed by atoms with Crippen molar-refractivity contribution in [3.8, 4) is 5.75 Å². The largest absolute Gasteiger partial charge is 0.497 e. The van der Waals surface area contributed by atoms with Crippen LogP contribution in [0.5, 0.6) is 5.75 Å². The van der Waals surface area contributed by atoms with E-state index in [0.717, 1.165) is 24.2 Å². The minimum atomic E-state index is -0.533. The highest BCUT2D eigenvalue weighted by Crippen LogP contribution is 2.42. The van der Waals surface area contributed by atoms with Gasteiger partial charge in [0, 0.05) is 18.8 Å². The molecular weight excluding hydrogens is 244 g/mol. The van der Waals surface area contributed by atoms with Crippen molar-refractivity contribution in [2.75, 3.05) is 20.3 Å². The Morgan fingerprint density at radius 3 is 2.79 bits per heavy atom. The molecule has 2 aliphatic rings. The van der Waals surface area contributed by atoms with Gasteiger partial charge < -0.3 is 19.3 Å². The van der Waals surface area contributed by atoms with Crippen LogP contribution in [-0.4, -0.2) is 37.3 Å². The highest BCUT2D eigenvalue weighted by Gasteiger charge is 2.44. The van der Waals surface area contributed by atoms with Gasteiger partial charge in [0.2, 0.25) is 0 Å². The summed E-state index contributed by atoms with van der Waals surface area (Å²) in [5.41, 5.74) is 1.12. The Bertz CT molecular complexity index is 440. The molecule has 1 heterocycles. The number of hydrogen-bond donors (Lipinski definition) is 1. The maximum absolute atomic E-state index is 10.4. The molecule has 1 spiro atoms. The Labute approximate surface area is 113 Å². The molecule has 1 aliphatic heterocycles. The lowest BCUT2D eigenvalue weighted by molar-refractivity contribution is -0.199. The molecule has 1 saturated carbocycles. The van der Waals surface area contributed by atoms with Gasteiger partial charge in [-0.05, 0) is 24.1 Å². The molecule has 0 amide bonds. The molecule has 0 radical (unpaired) electrons. The predicted octanol–water partition coefficient (Wildman–Crippen LogP) is 2.07. The summed E-state index contributed by atoms with van der Waals surface area (Å²) in [5.74, 6) is 0.432. The van der Waals surface area contributed by atoms with Crippen LogP contribution in [0.3, 0.4) is 0 Å². The highest BCUT2D eigenvalue weighted by molar-refractivity contribution is 5.32. The second-order valence-electron chi connectivity index (χ2n) is 5.30. The van der Waals surface area contributed by atoms with Crippen molar-refractivity contribution in [2.24, 2.45) is 0 Å². The summed E-state index contributed by atoms with van der Waals surface area (Å²) in [6.07, 6.45) is 1.83. The van der Waals surface area contributed by atoms with E-state index in [1.165, 1.54) is 0 Å². The fourth-order valence-corrected chi connectivity index (χ4v) is 3.15. The lowest BCUT2D eigenvalue weighted by Gasteiger charge is -2.39. The zero-order valence-electron chi connectivity index (χ0n) is 11.2.